The Morgan fingerprint density at radius 1 is 1.61 bits per heavy atom. The van der Waals surface area contributed by atoms with Gasteiger partial charge >= 0.3 is 0 Å². The summed E-state index contributed by atoms with van der Waals surface area (Å²) in [5.41, 5.74) is 0.565. The van der Waals surface area contributed by atoms with Crippen molar-refractivity contribution in [3.8, 4) is 5.75 Å². The first-order valence-electron chi connectivity index (χ1n) is 5.90. The van der Waals surface area contributed by atoms with Crippen LogP contribution < -0.4 is 4.74 Å². The smallest absolute Gasteiger partial charge is 0.254 e. The van der Waals surface area contributed by atoms with E-state index in [1.54, 1.807) is 36.3 Å². The van der Waals surface area contributed by atoms with Crippen LogP contribution in [0.4, 0.5) is 0 Å². The first-order valence-corrected chi connectivity index (χ1v) is 5.90. The third-order valence-electron chi connectivity index (χ3n) is 3.02. The second-order valence-electron chi connectivity index (χ2n) is 4.14. The highest BCUT2D eigenvalue weighted by Gasteiger charge is 2.27. The van der Waals surface area contributed by atoms with Gasteiger partial charge in [0.15, 0.2) is 0 Å². The number of nitrogens with zero attached hydrogens (tertiary/aromatic N) is 1. The summed E-state index contributed by atoms with van der Waals surface area (Å²) in [6.45, 7) is 1.30. The van der Waals surface area contributed by atoms with Crippen molar-refractivity contribution in [3.63, 3.8) is 0 Å². The number of rotatable bonds is 3. The fourth-order valence-electron chi connectivity index (χ4n) is 2.00. The zero-order valence-corrected chi connectivity index (χ0v) is 10.3. The number of morpholine rings is 1. The summed E-state index contributed by atoms with van der Waals surface area (Å²) >= 11 is 0. The highest BCUT2D eigenvalue weighted by molar-refractivity contribution is 5.94. The molecule has 2 rings (SSSR count). The molecule has 1 aliphatic heterocycles. The van der Waals surface area contributed by atoms with Crippen molar-refractivity contribution in [1.82, 2.24) is 4.90 Å². The fraction of sp³-hybridized carbons (Fsp3) is 0.462. The van der Waals surface area contributed by atoms with E-state index >= 15 is 0 Å². The van der Waals surface area contributed by atoms with Gasteiger partial charge in [-0.3, -0.25) is 4.79 Å². The van der Waals surface area contributed by atoms with E-state index < -0.39 is 0 Å². The van der Waals surface area contributed by atoms with E-state index in [0.717, 1.165) is 0 Å². The van der Waals surface area contributed by atoms with Crippen molar-refractivity contribution in [2.24, 2.45) is 0 Å². The van der Waals surface area contributed by atoms with E-state index in [9.17, 15) is 9.90 Å². The Morgan fingerprint density at radius 2 is 2.44 bits per heavy atom. The molecule has 0 aliphatic carbocycles. The minimum absolute atomic E-state index is 0.0876. The third-order valence-corrected chi connectivity index (χ3v) is 3.02. The lowest BCUT2D eigenvalue weighted by Crippen LogP contribution is -2.50. The van der Waals surface area contributed by atoms with Crippen LogP contribution in [0.5, 0.6) is 5.75 Å². The molecule has 1 saturated heterocycles. The first kappa shape index (κ1) is 12.9. The van der Waals surface area contributed by atoms with E-state index in [-0.39, 0.29) is 18.6 Å². The Hall–Kier alpha value is -1.59. The lowest BCUT2D eigenvalue weighted by molar-refractivity contribution is -0.0184. The molecule has 0 radical (unpaired) electrons. The van der Waals surface area contributed by atoms with Crippen molar-refractivity contribution in [1.29, 1.82) is 0 Å². The average molecular weight is 251 g/mol. The van der Waals surface area contributed by atoms with Gasteiger partial charge in [-0.1, -0.05) is 6.07 Å². The Kier molecular flexibility index (Phi) is 4.17. The SMILES string of the molecule is COc1cccc(C(=O)N2CCOCC2CO)c1. The lowest BCUT2D eigenvalue weighted by Gasteiger charge is -2.34. The third kappa shape index (κ3) is 2.63. The van der Waals surface area contributed by atoms with Gasteiger partial charge in [0.1, 0.15) is 5.75 Å². The second-order valence-corrected chi connectivity index (χ2v) is 4.14. The van der Waals surface area contributed by atoms with Crippen molar-refractivity contribution in [2.75, 3.05) is 33.5 Å². The molecule has 0 bridgehead atoms. The molecule has 1 aliphatic rings. The molecule has 5 heteroatoms. The molecule has 1 aromatic rings. The Balaban J connectivity index is 2.18. The molecule has 1 unspecified atom stereocenters. The van der Waals surface area contributed by atoms with E-state index in [0.29, 0.717) is 31.1 Å². The minimum Gasteiger partial charge on any atom is -0.497 e. The maximum atomic E-state index is 12.3. The topological polar surface area (TPSA) is 59.0 Å². The number of amides is 1. The summed E-state index contributed by atoms with van der Waals surface area (Å²) in [6, 6.07) is 6.75. The van der Waals surface area contributed by atoms with Crippen molar-refractivity contribution >= 4 is 5.91 Å². The molecule has 1 N–H and O–H groups in total. The Morgan fingerprint density at radius 3 is 3.17 bits per heavy atom. The molecular formula is C13H17NO4. The molecule has 1 aromatic carbocycles. The molecule has 0 saturated carbocycles. The van der Waals surface area contributed by atoms with Gasteiger partial charge in [-0.25, -0.2) is 0 Å². The molecule has 0 spiro atoms. The first-order chi connectivity index (χ1) is 8.76. The predicted molar refractivity (Wildman–Crippen MR) is 65.7 cm³/mol. The number of aliphatic hydroxyl groups excluding tert-OH is 1. The molecule has 1 atom stereocenters. The molecule has 0 aromatic heterocycles. The molecule has 1 heterocycles. The Labute approximate surface area is 106 Å². The normalized spacial score (nSPS) is 19.7. The molecule has 5 nitrogen and oxygen atoms in total. The quantitative estimate of drug-likeness (QED) is 0.851. The van der Waals surface area contributed by atoms with Crippen LogP contribution in [0.3, 0.4) is 0 Å². The van der Waals surface area contributed by atoms with Crippen LogP contribution in [0.2, 0.25) is 0 Å². The second kappa shape index (κ2) is 5.84. The maximum Gasteiger partial charge on any atom is 0.254 e. The van der Waals surface area contributed by atoms with Crippen LogP contribution in [-0.4, -0.2) is 55.4 Å². The highest BCUT2D eigenvalue weighted by atomic mass is 16.5. The summed E-state index contributed by atoms with van der Waals surface area (Å²) in [5, 5.41) is 9.26. The van der Waals surface area contributed by atoms with Gasteiger partial charge in [-0.2, -0.15) is 0 Å². The van der Waals surface area contributed by atoms with Crippen LogP contribution >= 0.6 is 0 Å². The number of aliphatic hydroxyl groups is 1. The van der Waals surface area contributed by atoms with E-state index in [1.165, 1.54) is 0 Å². The monoisotopic (exact) mass is 251 g/mol. The van der Waals surface area contributed by atoms with Crippen LogP contribution in [0.25, 0.3) is 0 Å². The van der Waals surface area contributed by atoms with Gasteiger partial charge in [0.05, 0.1) is 33.0 Å². The minimum atomic E-state index is -0.266. The summed E-state index contributed by atoms with van der Waals surface area (Å²) < 4.78 is 10.4. The van der Waals surface area contributed by atoms with Gasteiger partial charge in [0, 0.05) is 12.1 Å². The van der Waals surface area contributed by atoms with E-state index in [1.807, 2.05) is 0 Å². The molecular weight excluding hydrogens is 234 g/mol. The molecule has 98 valence electrons. The van der Waals surface area contributed by atoms with Gasteiger partial charge in [0.2, 0.25) is 0 Å². The average Bonchev–Trinajstić information content (AvgIpc) is 2.46. The number of ether oxygens (including phenoxy) is 2. The summed E-state index contributed by atoms with van der Waals surface area (Å²) in [5.74, 6) is 0.547. The zero-order chi connectivity index (χ0) is 13.0. The largest absolute Gasteiger partial charge is 0.497 e. The summed E-state index contributed by atoms with van der Waals surface area (Å²) in [6.07, 6.45) is 0. The standard InChI is InChI=1S/C13H17NO4/c1-17-12-4-2-3-10(7-12)13(16)14-5-6-18-9-11(14)8-15/h2-4,7,11,15H,5-6,8-9H2,1H3. The summed E-state index contributed by atoms with van der Waals surface area (Å²) in [7, 11) is 1.56. The van der Waals surface area contributed by atoms with Crippen molar-refractivity contribution in [3.05, 3.63) is 29.8 Å². The number of benzene rings is 1. The van der Waals surface area contributed by atoms with Gasteiger partial charge in [0.25, 0.3) is 5.91 Å². The van der Waals surface area contributed by atoms with Crippen LogP contribution in [0, 0.1) is 0 Å². The number of hydrogen-bond acceptors (Lipinski definition) is 4. The maximum absolute atomic E-state index is 12.3. The van der Waals surface area contributed by atoms with E-state index in [4.69, 9.17) is 9.47 Å². The zero-order valence-electron chi connectivity index (χ0n) is 10.3. The number of hydrogen-bond donors (Lipinski definition) is 1. The summed E-state index contributed by atoms with van der Waals surface area (Å²) in [4.78, 5) is 14.0. The fourth-order valence-corrected chi connectivity index (χ4v) is 2.00. The molecule has 1 fully saturated rings. The van der Waals surface area contributed by atoms with Crippen molar-refractivity contribution in [2.45, 2.75) is 6.04 Å². The predicted octanol–water partition coefficient (Wildman–Crippen LogP) is 0.528. The van der Waals surface area contributed by atoms with Crippen LogP contribution in [0.1, 0.15) is 10.4 Å². The van der Waals surface area contributed by atoms with Crippen LogP contribution in [0.15, 0.2) is 24.3 Å². The number of carbonyl (C=O) groups is 1. The number of carbonyl (C=O) groups excluding carboxylic acids is 1. The highest BCUT2D eigenvalue weighted by Crippen LogP contribution is 2.17. The van der Waals surface area contributed by atoms with E-state index in [2.05, 4.69) is 0 Å². The molecule has 1 amide bonds. The lowest BCUT2D eigenvalue weighted by atomic mass is 10.1. The van der Waals surface area contributed by atoms with Crippen LogP contribution in [-0.2, 0) is 4.74 Å². The van der Waals surface area contributed by atoms with Gasteiger partial charge < -0.3 is 19.5 Å². The van der Waals surface area contributed by atoms with Gasteiger partial charge in [-0.05, 0) is 18.2 Å². The molecule has 18 heavy (non-hydrogen) atoms. The van der Waals surface area contributed by atoms with Gasteiger partial charge in [-0.15, -0.1) is 0 Å². The van der Waals surface area contributed by atoms with Crippen molar-refractivity contribution < 1.29 is 19.4 Å². The Bertz CT molecular complexity index is 421. The number of methoxy groups -OCH3 is 1.